The predicted octanol–water partition coefficient (Wildman–Crippen LogP) is 3.05. The highest BCUT2D eigenvalue weighted by atomic mass is 79.9. The van der Waals surface area contributed by atoms with E-state index in [0.717, 1.165) is 30.7 Å². The molecule has 104 valence electrons. The second kappa shape index (κ2) is 6.35. The van der Waals surface area contributed by atoms with Crippen molar-refractivity contribution in [3.63, 3.8) is 0 Å². The Bertz CT molecular complexity index is 416. The highest BCUT2D eigenvalue weighted by Gasteiger charge is 2.26. The Morgan fingerprint density at radius 3 is 2.95 bits per heavy atom. The van der Waals surface area contributed by atoms with E-state index in [2.05, 4.69) is 39.4 Å². The normalized spacial score (nSPS) is 24.6. The van der Waals surface area contributed by atoms with Gasteiger partial charge in [-0.2, -0.15) is 0 Å². The maximum Gasteiger partial charge on any atom is 0.0954 e. The van der Waals surface area contributed by atoms with Gasteiger partial charge in [-0.15, -0.1) is 0 Å². The molecule has 4 heteroatoms. The molecular weight excluding hydrogens is 306 g/mol. The number of hydrogen-bond donors (Lipinski definition) is 1. The molecule has 3 rings (SSSR count). The second-order valence-corrected chi connectivity index (χ2v) is 6.26. The molecule has 1 saturated heterocycles. The lowest BCUT2D eigenvalue weighted by atomic mass is 10.1. The maximum atomic E-state index is 6.22. The molecule has 1 aromatic rings. The van der Waals surface area contributed by atoms with Gasteiger partial charge in [-0.1, -0.05) is 28.1 Å². The van der Waals surface area contributed by atoms with Gasteiger partial charge in [-0.05, 0) is 37.0 Å². The lowest BCUT2D eigenvalue weighted by molar-refractivity contribution is -0.0166. The quantitative estimate of drug-likeness (QED) is 0.872. The van der Waals surface area contributed by atoms with Crippen molar-refractivity contribution in [1.82, 2.24) is 5.32 Å². The zero-order valence-corrected chi connectivity index (χ0v) is 12.6. The summed E-state index contributed by atoms with van der Waals surface area (Å²) >= 11 is 3.53. The van der Waals surface area contributed by atoms with Crippen LogP contribution in [-0.2, 0) is 9.47 Å². The van der Waals surface area contributed by atoms with Crippen molar-refractivity contribution in [3.8, 4) is 0 Å². The van der Waals surface area contributed by atoms with E-state index in [-0.39, 0.29) is 12.2 Å². The van der Waals surface area contributed by atoms with Crippen LogP contribution in [0.25, 0.3) is 0 Å². The van der Waals surface area contributed by atoms with E-state index in [1.54, 1.807) is 0 Å². The highest BCUT2D eigenvalue weighted by molar-refractivity contribution is 9.10. The van der Waals surface area contributed by atoms with Crippen molar-refractivity contribution in [2.45, 2.75) is 37.5 Å². The van der Waals surface area contributed by atoms with Gasteiger partial charge in [0.1, 0.15) is 0 Å². The average molecular weight is 326 g/mol. The third-order valence-corrected chi connectivity index (χ3v) is 4.13. The topological polar surface area (TPSA) is 30.5 Å². The Morgan fingerprint density at radius 1 is 1.37 bits per heavy atom. The summed E-state index contributed by atoms with van der Waals surface area (Å²) in [5.74, 6) is 0. The number of nitrogens with one attached hydrogen (secondary N) is 1. The first-order chi connectivity index (χ1) is 9.31. The Hall–Kier alpha value is -0.420. The molecule has 2 atom stereocenters. The Kier molecular flexibility index (Phi) is 4.53. The summed E-state index contributed by atoms with van der Waals surface area (Å²) in [5.41, 5.74) is 1.23. The zero-order valence-electron chi connectivity index (χ0n) is 11.0. The number of ether oxygens (including phenoxy) is 2. The fourth-order valence-electron chi connectivity index (χ4n) is 2.37. The van der Waals surface area contributed by atoms with E-state index < -0.39 is 0 Å². The van der Waals surface area contributed by atoms with Crippen molar-refractivity contribution in [1.29, 1.82) is 0 Å². The maximum absolute atomic E-state index is 6.22. The summed E-state index contributed by atoms with van der Waals surface area (Å²) in [4.78, 5) is 0. The molecule has 0 amide bonds. The van der Waals surface area contributed by atoms with Gasteiger partial charge in [0.05, 0.1) is 18.8 Å². The largest absolute Gasteiger partial charge is 0.379 e. The smallest absolute Gasteiger partial charge is 0.0954 e. The van der Waals surface area contributed by atoms with Crippen molar-refractivity contribution >= 4 is 15.9 Å². The van der Waals surface area contributed by atoms with Gasteiger partial charge in [-0.3, -0.25) is 0 Å². The summed E-state index contributed by atoms with van der Waals surface area (Å²) in [5, 5.41) is 3.57. The zero-order chi connectivity index (χ0) is 13.1. The number of hydrogen-bond acceptors (Lipinski definition) is 3. The molecule has 0 spiro atoms. The monoisotopic (exact) mass is 325 g/mol. The molecule has 0 bridgehead atoms. The first-order valence-electron chi connectivity index (χ1n) is 7.03. The molecule has 0 radical (unpaired) electrons. The summed E-state index contributed by atoms with van der Waals surface area (Å²) in [6.45, 7) is 2.44. The van der Waals surface area contributed by atoms with Crippen molar-refractivity contribution in [2.75, 3.05) is 19.8 Å². The van der Waals surface area contributed by atoms with Crippen LogP contribution in [0, 0.1) is 0 Å². The fourth-order valence-corrected chi connectivity index (χ4v) is 2.78. The van der Waals surface area contributed by atoms with Gasteiger partial charge in [0, 0.05) is 23.7 Å². The lowest BCUT2D eigenvalue weighted by Gasteiger charge is -2.22. The van der Waals surface area contributed by atoms with Gasteiger partial charge in [0.25, 0.3) is 0 Å². The van der Waals surface area contributed by atoms with Crippen LogP contribution in [0.15, 0.2) is 28.7 Å². The summed E-state index contributed by atoms with van der Waals surface area (Å²) < 4.78 is 12.7. The number of benzene rings is 1. The second-order valence-electron chi connectivity index (χ2n) is 5.35. The van der Waals surface area contributed by atoms with Crippen LogP contribution in [-0.4, -0.2) is 31.9 Å². The van der Waals surface area contributed by atoms with Gasteiger partial charge in [-0.25, -0.2) is 0 Å². The standard InChI is InChI=1S/C15H20BrNO2/c16-12-3-1-2-11(8-12)15(9-17-13-4-5-13)19-14-6-7-18-10-14/h1-3,8,13-15,17H,4-7,9-10H2. The average Bonchev–Trinajstić information content (AvgIpc) is 3.10. The predicted molar refractivity (Wildman–Crippen MR) is 78.2 cm³/mol. The lowest BCUT2D eigenvalue weighted by Crippen LogP contribution is -2.28. The molecule has 1 saturated carbocycles. The van der Waals surface area contributed by atoms with Crippen LogP contribution in [0.1, 0.15) is 30.9 Å². The van der Waals surface area contributed by atoms with Crippen LogP contribution in [0.5, 0.6) is 0 Å². The molecule has 2 unspecified atom stereocenters. The molecule has 3 nitrogen and oxygen atoms in total. The molecule has 1 heterocycles. The van der Waals surface area contributed by atoms with Crippen LogP contribution < -0.4 is 5.32 Å². The molecule has 2 fully saturated rings. The van der Waals surface area contributed by atoms with Crippen molar-refractivity contribution in [2.24, 2.45) is 0 Å². The first kappa shape index (κ1) is 13.6. The fraction of sp³-hybridized carbons (Fsp3) is 0.600. The van der Waals surface area contributed by atoms with Crippen molar-refractivity contribution in [3.05, 3.63) is 34.3 Å². The van der Waals surface area contributed by atoms with Crippen LogP contribution >= 0.6 is 15.9 Å². The van der Waals surface area contributed by atoms with E-state index in [0.29, 0.717) is 6.04 Å². The summed E-state index contributed by atoms with van der Waals surface area (Å²) in [6.07, 6.45) is 3.97. The van der Waals surface area contributed by atoms with Gasteiger partial charge >= 0.3 is 0 Å². The molecule has 1 N–H and O–H groups in total. The molecule has 0 aromatic heterocycles. The molecule has 1 aliphatic carbocycles. The number of halogens is 1. The van der Waals surface area contributed by atoms with Gasteiger partial charge in [0.2, 0.25) is 0 Å². The summed E-state index contributed by atoms with van der Waals surface area (Å²) in [7, 11) is 0. The molecule has 1 aliphatic heterocycles. The molecular formula is C15H20BrNO2. The Labute approximate surface area is 122 Å². The van der Waals surface area contributed by atoms with Crippen LogP contribution in [0.4, 0.5) is 0 Å². The minimum Gasteiger partial charge on any atom is -0.379 e. The van der Waals surface area contributed by atoms with Gasteiger partial charge in [0.15, 0.2) is 0 Å². The molecule has 19 heavy (non-hydrogen) atoms. The minimum atomic E-state index is 0.116. The third kappa shape index (κ3) is 4.02. The van der Waals surface area contributed by atoms with E-state index >= 15 is 0 Å². The Balaban J connectivity index is 1.66. The molecule has 2 aliphatic rings. The van der Waals surface area contributed by atoms with Crippen molar-refractivity contribution < 1.29 is 9.47 Å². The van der Waals surface area contributed by atoms with Crippen LogP contribution in [0.3, 0.4) is 0 Å². The van der Waals surface area contributed by atoms with E-state index in [4.69, 9.17) is 9.47 Å². The Morgan fingerprint density at radius 2 is 2.26 bits per heavy atom. The van der Waals surface area contributed by atoms with E-state index in [1.807, 2.05) is 6.07 Å². The first-order valence-corrected chi connectivity index (χ1v) is 7.82. The number of rotatable bonds is 6. The minimum absolute atomic E-state index is 0.116. The van der Waals surface area contributed by atoms with E-state index in [9.17, 15) is 0 Å². The highest BCUT2D eigenvalue weighted by Crippen LogP contribution is 2.26. The summed E-state index contributed by atoms with van der Waals surface area (Å²) in [6, 6.07) is 9.11. The third-order valence-electron chi connectivity index (χ3n) is 3.63. The van der Waals surface area contributed by atoms with Gasteiger partial charge < -0.3 is 14.8 Å². The molecule has 1 aromatic carbocycles. The van der Waals surface area contributed by atoms with E-state index in [1.165, 1.54) is 18.4 Å². The van der Waals surface area contributed by atoms with Crippen LogP contribution in [0.2, 0.25) is 0 Å². The SMILES string of the molecule is Brc1cccc(C(CNC2CC2)OC2CCOC2)c1.